The first kappa shape index (κ1) is 15.5. The van der Waals surface area contributed by atoms with Crippen LogP contribution in [0.15, 0.2) is 30.3 Å². The van der Waals surface area contributed by atoms with Crippen molar-refractivity contribution in [1.29, 1.82) is 0 Å². The minimum Gasteiger partial charge on any atom is -0.368 e. The van der Waals surface area contributed by atoms with Crippen molar-refractivity contribution in [2.45, 2.75) is 38.4 Å². The van der Waals surface area contributed by atoms with Crippen molar-refractivity contribution in [3.63, 3.8) is 0 Å². The second-order valence-electron chi connectivity index (χ2n) is 6.00. The number of carbonyl (C=O) groups is 1. The molecule has 0 aromatic heterocycles. The van der Waals surface area contributed by atoms with Crippen LogP contribution in [0.25, 0.3) is 0 Å². The molecule has 1 saturated heterocycles. The van der Waals surface area contributed by atoms with Crippen LogP contribution in [0.4, 0.5) is 0 Å². The monoisotopic (exact) mass is 339 g/mol. The molecule has 1 heterocycles. The Kier molecular flexibility index (Phi) is 4.86. The average molecular weight is 340 g/mol. The summed E-state index contributed by atoms with van der Waals surface area (Å²) in [6.45, 7) is 7.35. The summed E-state index contributed by atoms with van der Waals surface area (Å²) in [6.07, 6.45) is 0.0608. The van der Waals surface area contributed by atoms with Gasteiger partial charge in [0.1, 0.15) is 0 Å². The lowest BCUT2D eigenvalue weighted by atomic mass is 9.97. The van der Waals surface area contributed by atoms with Gasteiger partial charge < -0.3 is 9.64 Å². The standard InChI is InChI=1S/C16H22BrNO2/c1-12(13-7-5-4-6-8-13)15(19)18-10-14(9-17)20-16(2,3)11-18/h4-8,12,14H,9-11H2,1-3H3. The molecule has 0 radical (unpaired) electrons. The molecule has 4 heteroatoms. The normalized spacial score (nSPS) is 23.4. The highest BCUT2D eigenvalue weighted by Crippen LogP contribution is 2.26. The van der Waals surface area contributed by atoms with Gasteiger partial charge in [-0.3, -0.25) is 4.79 Å². The Morgan fingerprint density at radius 3 is 2.70 bits per heavy atom. The molecule has 0 aliphatic carbocycles. The van der Waals surface area contributed by atoms with E-state index in [0.717, 1.165) is 10.9 Å². The van der Waals surface area contributed by atoms with E-state index in [1.165, 1.54) is 0 Å². The zero-order valence-corrected chi connectivity index (χ0v) is 13.9. The van der Waals surface area contributed by atoms with Crippen LogP contribution in [-0.4, -0.2) is 40.9 Å². The van der Waals surface area contributed by atoms with Gasteiger partial charge in [0.05, 0.1) is 17.6 Å². The maximum atomic E-state index is 12.7. The third-order valence-corrected chi connectivity index (χ3v) is 4.36. The van der Waals surface area contributed by atoms with Crippen molar-refractivity contribution in [3.05, 3.63) is 35.9 Å². The highest BCUT2D eigenvalue weighted by Gasteiger charge is 2.36. The van der Waals surface area contributed by atoms with Crippen LogP contribution < -0.4 is 0 Å². The zero-order chi connectivity index (χ0) is 14.8. The molecular formula is C16H22BrNO2. The molecule has 110 valence electrons. The Balaban J connectivity index is 2.12. The highest BCUT2D eigenvalue weighted by atomic mass is 79.9. The molecule has 0 bridgehead atoms. The van der Waals surface area contributed by atoms with Gasteiger partial charge in [0, 0.05) is 18.4 Å². The van der Waals surface area contributed by atoms with E-state index in [1.54, 1.807) is 0 Å². The van der Waals surface area contributed by atoms with Gasteiger partial charge in [0.2, 0.25) is 5.91 Å². The fourth-order valence-corrected chi connectivity index (χ4v) is 3.04. The molecule has 20 heavy (non-hydrogen) atoms. The summed E-state index contributed by atoms with van der Waals surface area (Å²) in [4.78, 5) is 14.6. The van der Waals surface area contributed by atoms with Gasteiger partial charge in [-0.1, -0.05) is 46.3 Å². The first-order chi connectivity index (χ1) is 9.43. The summed E-state index contributed by atoms with van der Waals surface area (Å²) in [7, 11) is 0. The molecule has 1 aromatic rings. The smallest absolute Gasteiger partial charge is 0.230 e. The molecular weight excluding hydrogens is 318 g/mol. The second kappa shape index (κ2) is 6.27. The number of halogens is 1. The van der Waals surface area contributed by atoms with Crippen LogP contribution in [0, 0.1) is 0 Å². The topological polar surface area (TPSA) is 29.5 Å². The second-order valence-corrected chi connectivity index (χ2v) is 6.65. The quantitative estimate of drug-likeness (QED) is 0.791. The molecule has 2 unspecified atom stereocenters. The maximum absolute atomic E-state index is 12.7. The summed E-state index contributed by atoms with van der Waals surface area (Å²) < 4.78 is 5.95. The fourth-order valence-electron chi connectivity index (χ4n) is 2.70. The van der Waals surface area contributed by atoms with Crippen molar-refractivity contribution in [3.8, 4) is 0 Å². The number of ether oxygens (including phenoxy) is 1. The number of carbonyl (C=O) groups excluding carboxylic acids is 1. The maximum Gasteiger partial charge on any atom is 0.230 e. The number of morpholine rings is 1. The predicted molar refractivity (Wildman–Crippen MR) is 84.2 cm³/mol. The van der Waals surface area contributed by atoms with E-state index in [2.05, 4.69) is 15.9 Å². The molecule has 2 atom stereocenters. The predicted octanol–water partition coefficient (Wildman–Crippen LogP) is 3.19. The van der Waals surface area contributed by atoms with Crippen LogP contribution in [-0.2, 0) is 9.53 Å². The van der Waals surface area contributed by atoms with Gasteiger partial charge in [-0.2, -0.15) is 0 Å². The summed E-state index contributed by atoms with van der Waals surface area (Å²) in [6, 6.07) is 9.94. The molecule has 1 aromatic carbocycles. The molecule has 1 aliphatic heterocycles. The first-order valence-electron chi connectivity index (χ1n) is 7.00. The minimum absolute atomic E-state index is 0.0608. The van der Waals surface area contributed by atoms with Gasteiger partial charge in [0.15, 0.2) is 0 Å². The van der Waals surface area contributed by atoms with Gasteiger partial charge in [-0.05, 0) is 26.3 Å². The minimum atomic E-state index is -0.289. The third-order valence-electron chi connectivity index (χ3n) is 3.64. The Hall–Kier alpha value is -0.870. The Morgan fingerprint density at radius 1 is 1.45 bits per heavy atom. The van der Waals surface area contributed by atoms with Crippen molar-refractivity contribution < 1.29 is 9.53 Å². The van der Waals surface area contributed by atoms with E-state index in [0.29, 0.717) is 13.1 Å². The lowest BCUT2D eigenvalue weighted by Gasteiger charge is -2.43. The van der Waals surface area contributed by atoms with Crippen LogP contribution in [0.1, 0.15) is 32.3 Å². The van der Waals surface area contributed by atoms with E-state index in [4.69, 9.17) is 4.74 Å². The van der Waals surface area contributed by atoms with Crippen LogP contribution in [0.3, 0.4) is 0 Å². The van der Waals surface area contributed by atoms with E-state index in [-0.39, 0.29) is 23.5 Å². The number of nitrogens with zero attached hydrogens (tertiary/aromatic N) is 1. The molecule has 1 aliphatic rings. The van der Waals surface area contributed by atoms with Gasteiger partial charge in [-0.15, -0.1) is 0 Å². The molecule has 1 amide bonds. The number of benzene rings is 1. The van der Waals surface area contributed by atoms with Crippen molar-refractivity contribution in [2.24, 2.45) is 0 Å². The Morgan fingerprint density at radius 2 is 2.10 bits per heavy atom. The number of rotatable bonds is 3. The van der Waals surface area contributed by atoms with E-state index in [9.17, 15) is 4.79 Å². The summed E-state index contributed by atoms with van der Waals surface area (Å²) in [5, 5.41) is 0.750. The number of alkyl halides is 1. The zero-order valence-electron chi connectivity index (χ0n) is 12.3. The Bertz CT molecular complexity index is 461. The average Bonchev–Trinajstić information content (AvgIpc) is 2.44. The molecule has 3 nitrogen and oxygen atoms in total. The van der Waals surface area contributed by atoms with E-state index >= 15 is 0 Å². The van der Waals surface area contributed by atoms with Crippen LogP contribution >= 0.6 is 15.9 Å². The SMILES string of the molecule is CC(C(=O)N1CC(CBr)OC(C)(C)C1)c1ccccc1. The summed E-state index contributed by atoms with van der Waals surface area (Å²) >= 11 is 3.46. The van der Waals surface area contributed by atoms with Crippen LogP contribution in [0.5, 0.6) is 0 Å². The molecule has 1 fully saturated rings. The molecule has 0 N–H and O–H groups in total. The lowest BCUT2D eigenvalue weighted by Crippen LogP contribution is -2.55. The largest absolute Gasteiger partial charge is 0.368 e. The van der Waals surface area contributed by atoms with Gasteiger partial charge in [-0.25, -0.2) is 0 Å². The van der Waals surface area contributed by atoms with E-state index in [1.807, 2.05) is 56.0 Å². The van der Waals surface area contributed by atoms with Gasteiger partial charge >= 0.3 is 0 Å². The number of hydrogen-bond acceptors (Lipinski definition) is 2. The van der Waals surface area contributed by atoms with Crippen molar-refractivity contribution in [1.82, 2.24) is 4.90 Å². The highest BCUT2D eigenvalue weighted by molar-refractivity contribution is 9.09. The lowest BCUT2D eigenvalue weighted by molar-refractivity contribution is -0.158. The van der Waals surface area contributed by atoms with Gasteiger partial charge in [0.25, 0.3) is 0 Å². The molecule has 0 saturated carbocycles. The number of hydrogen-bond donors (Lipinski definition) is 0. The summed E-state index contributed by atoms with van der Waals surface area (Å²) in [5.41, 5.74) is 0.778. The first-order valence-corrected chi connectivity index (χ1v) is 8.12. The fraction of sp³-hybridized carbons (Fsp3) is 0.562. The molecule has 2 rings (SSSR count). The van der Waals surface area contributed by atoms with E-state index < -0.39 is 0 Å². The van der Waals surface area contributed by atoms with Crippen LogP contribution in [0.2, 0.25) is 0 Å². The number of amides is 1. The van der Waals surface area contributed by atoms with Crippen molar-refractivity contribution >= 4 is 21.8 Å². The Labute approximate surface area is 129 Å². The summed E-state index contributed by atoms with van der Waals surface area (Å²) in [5.74, 6) is 0.0691. The van der Waals surface area contributed by atoms with Crippen molar-refractivity contribution in [2.75, 3.05) is 18.4 Å². The molecule has 0 spiro atoms. The third kappa shape index (κ3) is 3.61.